The third-order valence-corrected chi connectivity index (χ3v) is 6.39. The third kappa shape index (κ3) is 4.37. The smallest absolute Gasteiger partial charge is 0.123 e. The van der Waals surface area contributed by atoms with Gasteiger partial charge in [-0.25, -0.2) is 4.39 Å². The summed E-state index contributed by atoms with van der Waals surface area (Å²) in [6, 6.07) is 10.6. The molecule has 1 atom stereocenters. The number of fused-ring (bicyclic) bond motifs is 1. The Morgan fingerprint density at radius 2 is 1.97 bits per heavy atom. The third-order valence-electron chi connectivity index (χ3n) is 6.17. The maximum absolute atomic E-state index is 13.6. The summed E-state index contributed by atoms with van der Waals surface area (Å²) in [5.41, 5.74) is 2.78. The molecule has 0 amide bonds. The van der Waals surface area contributed by atoms with Crippen molar-refractivity contribution in [3.8, 4) is 0 Å². The average Bonchev–Trinajstić information content (AvgIpc) is 3.21. The fraction of sp³-hybridized carbons (Fsp3) is 0.435. The molecule has 160 valence electrons. The van der Waals surface area contributed by atoms with E-state index >= 15 is 0 Å². The van der Waals surface area contributed by atoms with Gasteiger partial charge in [-0.2, -0.15) is 5.10 Å². The van der Waals surface area contributed by atoms with Gasteiger partial charge in [0.05, 0.1) is 24.9 Å². The number of hydrogen-bond acceptors (Lipinski definition) is 4. The molecule has 4 rings (SSSR count). The van der Waals surface area contributed by atoms with Crippen LogP contribution in [-0.4, -0.2) is 55.6 Å². The number of methoxy groups -OCH3 is 1. The predicted octanol–water partition coefficient (Wildman–Crippen LogP) is 4.72. The molecule has 1 aliphatic heterocycles. The van der Waals surface area contributed by atoms with Gasteiger partial charge in [-0.05, 0) is 62.8 Å². The molecule has 2 aromatic carbocycles. The lowest BCUT2D eigenvalue weighted by Crippen LogP contribution is -2.44. The number of nitrogens with one attached hydrogen (secondary N) is 1. The van der Waals surface area contributed by atoms with Gasteiger partial charge in [-0.15, -0.1) is 0 Å². The highest BCUT2D eigenvalue weighted by molar-refractivity contribution is 6.31. The Morgan fingerprint density at radius 1 is 1.23 bits per heavy atom. The molecule has 1 unspecified atom stereocenters. The number of aromatic nitrogens is 2. The predicted molar refractivity (Wildman–Crippen MR) is 116 cm³/mol. The van der Waals surface area contributed by atoms with Crippen molar-refractivity contribution in [2.75, 3.05) is 40.5 Å². The topological polar surface area (TPSA) is 50.4 Å². The Hall–Kier alpha value is -1.99. The SMILES string of the molecule is COCC(OCC1(c2ccc(F)cc2)CCN(C)CC1)c1cc(Cl)cc2cn[nH]c12. The molecule has 1 saturated heterocycles. The molecule has 0 saturated carbocycles. The van der Waals surface area contributed by atoms with E-state index in [2.05, 4.69) is 22.1 Å². The molecule has 0 radical (unpaired) electrons. The van der Waals surface area contributed by atoms with Crippen LogP contribution in [0.2, 0.25) is 5.02 Å². The van der Waals surface area contributed by atoms with E-state index in [0.29, 0.717) is 18.2 Å². The van der Waals surface area contributed by atoms with Crippen molar-refractivity contribution in [3.63, 3.8) is 0 Å². The number of halogens is 2. The summed E-state index contributed by atoms with van der Waals surface area (Å²) in [6.45, 7) is 2.85. The molecule has 7 heteroatoms. The highest BCUT2D eigenvalue weighted by Crippen LogP contribution is 2.38. The standard InChI is InChI=1S/C23H27ClFN3O2/c1-28-9-7-23(8-10-28,17-3-5-19(25)6-4-17)15-30-21(14-29-2)20-12-18(24)11-16-13-26-27-22(16)20/h3-6,11-13,21H,7-10,14-15H2,1-2H3,(H,26,27). The molecule has 1 fully saturated rings. The second-order valence-electron chi connectivity index (χ2n) is 8.17. The number of nitrogens with zero attached hydrogens (tertiary/aromatic N) is 2. The van der Waals surface area contributed by atoms with Crippen LogP contribution < -0.4 is 0 Å². The Morgan fingerprint density at radius 3 is 2.67 bits per heavy atom. The molecule has 5 nitrogen and oxygen atoms in total. The minimum Gasteiger partial charge on any atom is -0.382 e. The Kier molecular flexibility index (Phi) is 6.39. The summed E-state index contributed by atoms with van der Waals surface area (Å²) in [5, 5.41) is 8.78. The van der Waals surface area contributed by atoms with E-state index in [1.165, 1.54) is 12.1 Å². The van der Waals surface area contributed by atoms with Crippen molar-refractivity contribution in [2.24, 2.45) is 0 Å². The second-order valence-corrected chi connectivity index (χ2v) is 8.61. The Bertz CT molecular complexity index is 984. The van der Waals surface area contributed by atoms with E-state index in [1.54, 1.807) is 13.3 Å². The molecule has 1 aliphatic rings. The monoisotopic (exact) mass is 431 g/mol. The average molecular weight is 432 g/mol. The lowest BCUT2D eigenvalue weighted by Gasteiger charge is -2.41. The second kappa shape index (κ2) is 9.02. The zero-order chi connectivity index (χ0) is 21.1. The largest absolute Gasteiger partial charge is 0.382 e. The van der Waals surface area contributed by atoms with E-state index in [-0.39, 0.29) is 17.3 Å². The van der Waals surface area contributed by atoms with Crippen LogP contribution >= 0.6 is 11.6 Å². The Balaban J connectivity index is 1.63. The number of rotatable bonds is 7. The van der Waals surface area contributed by atoms with Crippen LogP contribution in [-0.2, 0) is 14.9 Å². The molecular formula is C23H27ClFN3O2. The fourth-order valence-corrected chi connectivity index (χ4v) is 4.54. The minimum atomic E-state index is -0.298. The summed E-state index contributed by atoms with van der Waals surface area (Å²) in [6.07, 6.45) is 3.35. The number of benzene rings is 2. The first-order valence-corrected chi connectivity index (χ1v) is 10.6. The number of likely N-dealkylation sites (tertiary alicyclic amines) is 1. The Labute approximate surface area is 181 Å². The normalized spacial score (nSPS) is 18.0. The molecule has 0 aliphatic carbocycles. The van der Waals surface area contributed by atoms with E-state index in [1.807, 2.05) is 24.3 Å². The molecule has 3 aromatic rings. The number of H-pyrrole nitrogens is 1. The van der Waals surface area contributed by atoms with Crippen LogP contribution in [0.5, 0.6) is 0 Å². The van der Waals surface area contributed by atoms with Crippen LogP contribution in [0.15, 0.2) is 42.6 Å². The first kappa shape index (κ1) is 21.2. The summed E-state index contributed by atoms with van der Waals surface area (Å²) in [7, 11) is 3.79. The first-order chi connectivity index (χ1) is 14.5. The quantitative estimate of drug-likeness (QED) is 0.588. The molecule has 1 N–H and O–H groups in total. The van der Waals surface area contributed by atoms with Gasteiger partial charge in [-0.1, -0.05) is 23.7 Å². The van der Waals surface area contributed by atoms with Gasteiger partial charge < -0.3 is 14.4 Å². The molecule has 1 aromatic heterocycles. The number of piperidine rings is 1. The summed E-state index contributed by atoms with van der Waals surface area (Å²) in [5.74, 6) is -0.222. The summed E-state index contributed by atoms with van der Waals surface area (Å²) >= 11 is 6.35. The molecule has 0 spiro atoms. The fourth-order valence-electron chi connectivity index (χ4n) is 4.31. The highest BCUT2D eigenvalue weighted by atomic mass is 35.5. The van der Waals surface area contributed by atoms with Crippen molar-refractivity contribution >= 4 is 22.5 Å². The van der Waals surface area contributed by atoms with Gasteiger partial charge in [0.25, 0.3) is 0 Å². The number of aromatic amines is 1. The van der Waals surface area contributed by atoms with Gasteiger partial charge >= 0.3 is 0 Å². The zero-order valence-corrected chi connectivity index (χ0v) is 18.1. The van der Waals surface area contributed by atoms with Gasteiger partial charge in [0.15, 0.2) is 0 Å². The number of ether oxygens (including phenoxy) is 2. The number of hydrogen-bond donors (Lipinski definition) is 1. The van der Waals surface area contributed by atoms with E-state index < -0.39 is 0 Å². The van der Waals surface area contributed by atoms with Crippen molar-refractivity contribution in [2.45, 2.75) is 24.4 Å². The first-order valence-electron chi connectivity index (χ1n) is 10.2. The van der Waals surface area contributed by atoms with Crippen molar-refractivity contribution < 1.29 is 13.9 Å². The molecule has 2 heterocycles. The van der Waals surface area contributed by atoms with Crippen molar-refractivity contribution in [1.29, 1.82) is 0 Å². The molecule has 0 bridgehead atoms. The lowest BCUT2D eigenvalue weighted by molar-refractivity contribution is -0.0362. The van der Waals surface area contributed by atoms with Crippen LogP contribution in [0.3, 0.4) is 0 Å². The molecule has 30 heavy (non-hydrogen) atoms. The van der Waals surface area contributed by atoms with E-state index in [9.17, 15) is 4.39 Å². The van der Waals surface area contributed by atoms with Gasteiger partial charge in [0, 0.05) is 28.5 Å². The van der Waals surface area contributed by atoms with Crippen molar-refractivity contribution in [3.05, 3.63) is 64.6 Å². The highest BCUT2D eigenvalue weighted by Gasteiger charge is 2.37. The summed E-state index contributed by atoms with van der Waals surface area (Å²) < 4.78 is 25.5. The minimum absolute atomic E-state index is 0.169. The van der Waals surface area contributed by atoms with Crippen LogP contribution in [0.25, 0.3) is 10.9 Å². The van der Waals surface area contributed by atoms with Gasteiger partial charge in [0.1, 0.15) is 11.9 Å². The maximum Gasteiger partial charge on any atom is 0.123 e. The van der Waals surface area contributed by atoms with Crippen LogP contribution in [0.4, 0.5) is 4.39 Å². The van der Waals surface area contributed by atoms with Gasteiger partial charge in [-0.3, -0.25) is 5.10 Å². The van der Waals surface area contributed by atoms with Gasteiger partial charge in [0.2, 0.25) is 0 Å². The summed E-state index contributed by atoms with van der Waals surface area (Å²) in [4.78, 5) is 2.32. The zero-order valence-electron chi connectivity index (χ0n) is 17.3. The maximum atomic E-state index is 13.6. The van der Waals surface area contributed by atoms with Crippen LogP contribution in [0, 0.1) is 5.82 Å². The molecular weight excluding hydrogens is 405 g/mol. The lowest BCUT2D eigenvalue weighted by atomic mass is 9.73. The van der Waals surface area contributed by atoms with E-state index in [0.717, 1.165) is 48.0 Å². The van der Waals surface area contributed by atoms with Crippen LogP contribution in [0.1, 0.15) is 30.1 Å². The van der Waals surface area contributed by atoms with Crippen molar-refractivity contribution in [1.82, 2.24) is 15.1 Å². The van der Waals surface area contributed by atoms with E-state index in [4.69, 9.17) is 21.1 Å².